The molecule has 2 atom stereocenters. The van der Waals surface area contributed by atoms with Crippen molar-refractivity contribution in [2.45, 2.75) is 44.3 Å². The normalized spacial score (nSPS) is 12.8. The first kappa shape index (κ1) is 33.5. The fourth-order valence-corrected chi connectivity index (χ4v) is 4.67. The molecule has 4 rings (SSSR count). The lowest BCUT2D eigenvalue weighted by atomic mass is 9.99. The zero-order valence-electron chi connectivity index (χ0n) is 26.5. The molecule has 1 heterocycles. The number of likely N-dealkylation sites (N-methyl/N-ethyl adjacent to an activating group) is 1. The third kappa shape index (κ3) is 9.08. The van der Waals surface area contributed by atoms with Crippen LogP contribution in [-0.2, 0) is 27.2 Å². The van der Waals surface area contributed by atoms with Crippen LogP contribution in [0.3, 0.4) is 0 Å². The zero-order valence-corrected chi connectivity index (χ0v) is 26.5. The van der Waals surface area contributed by atoms with E-state index in [0.717, 1.165) is 28.0 Å². The van der Waals surface area contributed by atoms with E-state index in [2.05, 4.69) is 15.5 Å². The van der Waals surface area contributed by atoms with E-state index in [-0.39, 0.29) is 24.6 Å². The van der Waals surface area contributed by atoms with Gasteiger partial charge in [0.25, 0.3) is 11.7 Å². The second-order valence-electron chi connectivity index (χ2n) is 11.8. The highest BCUT2D eigenvalue weighted by Gasteiger charge is 2.34. The number of nitrogens with zero attached hydrogens (tertiary/aromatic N) is 4. The molecule has 4 aromatic rings. The van der Waals surface area contributed by atoms with Gasteiger partial charge in [-0.2, -0.15) is 4.98 Å². The maximum Gasteiger partial charge on any atom is 0.415 e. The monoisotopic (exact) mass is 626 g/mol. The summed E-state index contributed by atoms with van der Waals surface area (Å²) in [5.74, 6) is -2.03. The highest BCUT2D eigenvalue weighted by Crippen LogP contribution is 2.25. The summed E-state index contributed by atoms with van der Waals surface area (Å²) in [6, 6.07) is 20.9. The van der Waals surface area contributed by atoms with Gasteiger partial charge in [0, 0.05) is 45.6 Å². The number of rotatable bonds is 11. The number of carbonyl (C=O) groups excluding carboxylic acids is 4. The Hall–Kier alpha value is -5.36. The summed E-state index contributed by atoms with van der Waals surface area (Å²) < 4.78 is 10.4. The summed E-state index contributed by atoms with van der Waals surface area (Å²) in [7, 11) is 4.68. The second kappa shape index (κ2) is 14.6. The molecule has 3 N–H and O–H groups in total. The van der Waals surface area contributed by atoms with Crippen LogP contribution in [0.25, 0.3) is 10.8 Å². The van der Waals surface area contributed by atoms with Gasteiger partial charge in [0.15, 0.2) is 0 Å². The fourth-order valence-electron chi connectivity index (χ4n) is 4.67. The number of alkyl carbamates (subject to hydrolysis) is 1. The molecule has 0 saturated carbocycles. The van der Waals surface area contributed by atoms with Crippen molar-refractivity contribution in [1.82, 2.24) is 25.3 Å². The second-order valence-corrected chi connectivity index (χ2v) is 11.8. The van der Waals surface area contributed by atoms with Gasteiger partial charge in [-0.3, -0.25) is 9.59 Å². The Bertz CT molecular complexity index is 1730. The molecule has 0 aliphatic rings. The Morgan fingerprint density at radius 1 is 0.935 bits per heavy atom. The average Bonchev–Trinajstić information content (AvgIpc) is 3.51. The summed E-state index contributed by atoms with van der Waals surface area (Å²) in [6.07, 6.45) is 1.71. The van der Waals surface area contributed by atoms with Crippen LogP contribution in [0.5, 0.6) is 0 Å². The fraction of sp³-hybridized carbons (Fsp3) is 0.294. The van der Waals surface area contributed by atoms with Crippen LogP contribution >= 0.6 is 0 Å². The Kier molecular flexibility index (Phi) is 10.7. The van der Waals surface area contributed by atoms with Crippen molar-refractivity contribution in [2.24, 2.45) is 5.73 Å². The van der Waals surface area contributed by atoms with Gasteiger partial charge >= 0.3 is 12.1 Å². The Labute approximate surface area is 267 Å². The van der Waals surface area contributed by atoms with Gasteiger partial charge in [-0.15, -0.1) is 0 Å². The van der Waals surface area contributed by atoms with E-state index in [1.54, 1.807) is 35.0 Å². The number of fused-ring (bicyclic) bond motifs is 1. The van der Waals surface area contributed by atoms with Crippen LogP contribution in [0.1, 0.15) is 47.5 Å². The maximum absolute atomic E-state index is 14.2. The van der Waals surface area contributed by atoms with Gasteiger partial charge in [0.2, 0.25) is 11.8 Å². The number of aromatic nitrogens is 2. The minimum absolute atomic E-state index is 0.0432. The lowest BCUT2D eigenvalue weighted by Gasteiger charge is -2.29. The largest absolute Gasteiger partial charge is 0.415 e. The highest BCUT2D eigenvalue weighted by atomic mass is 16.6. The first-order valence-electron chi connectivity index (χ1n) is 14.6. The number of benzene rings is 3. The molecular weight excluding hydrogens is 588 g/mol. The Morgan fingerprint density at radius 3 is 2.28 bits per heavy atom. The molecule has 0 saturated heterocycles. The molecular formula is C34H38N6O6. The average molecular weight is 627 g/mol. The number of nitrogens with two attached hydrogens (primary N) is 1. The number of hydrogen-bond donors (Lipinski definition) is 2. The van der Waals surface area contributed by atoms with Crippen molar-refractivity contribution in [3.05, 3.63) is 108 Å². The minimum atomic E-state index is -1.16. The molecule has 240 valence electrons. The van der Waals surface area contributed by atoms with Gasteiger partial charge in [0.1, 0.15) is 12.1 Å². The number of carbonyl (C=O) groups is 4. The van der Waals surface area contributed by atoms with Crippen molar-refractivity contribution in [3.63, 3.8) is 0 Å². The third-order valence-electron chi connectivity index (χ3n) is 7.10. The molecule has 12 nitrogen and oxygen atoms in total. The Morgan fingerprint density at radius 2 is 1.61 bits per heavy atom. The molecule has 0 bridgehead atoms. The third-order valence-corrected chi connectivity index (χ3v) is 7.10. The van der Waals surface area contributed by atoms with Crippen LogP contribution in [-0.4, -0.2) is 76.5 Å². The van der Waals surface area contributed by atoms with Crippen LogP contribution in [0.2, 0.25) is 0 Å². The summed E-state index contributed by atoms with van der Waals surface area (Å²) >= 11 is 0. The lowest BCUT2D eigenvalue weighted by Crippen LogP contribution is -2.50. The SMILES string of the molecule is CN(C)C(=O)c1noc(C(Cc2ccccc2)N(C)C(=O)C(Cc2ccc3ccccc3c2)NC(=O)OC(=O)C=CC(C)(C)N)n1. The van der Waals surface area contributed by atoms with Crippen LogP contribution < -0.4 is 11.1 Å². The number of hydrogen-bond acceptors (Lipinski definition) is 9. The summed E-state index contributed by atoms with van der Waals surface area (Å²) in [5.41, 5.74) is 6.70. The predicted octanol–water partition coefficient (Wildman–Crippen LogP) is 3.82. The van der Waals surface area contributed by atoms with Gasteiger partial charge in [-0.1, -0.05) is 84.0 Å². The summed E-state index contributed by atoms with van der Waals surface area (Å²) in [4.78, 5) is 59.0. The van der Waals surface area contributed by atoms with Gasteiger partial charge in [0.05, 0.1) is 0 Å². The van der Waals surface area contributed by atoms with Crippen LogP contribution in [0.15, 0.2) is 89.5 Å². The van der Waals surface area contributed by atoms with E-state index >= 15 is 0 Å². The molecule has 0 fully saturated rings. The van der Waals surface area contributed by atoms with Crippen molar-refractivity contribution in [1.29, 1.82) is 0 Å². The van der Waals surface area contributed by atoms with Gasteiger partial charge in [-0.05, 0) is 35.7 Å². The van der Waals surface area contributed by atoms with E-state index in [1.807, 2.05) is 72.8 Å². The smallest absolute Gasteiger partial charge is 0.373 e. The van der Waals surface area contributed by atoms with Gasteiger partial charge in [-0.25, -0.2) is 9.59 Å². The minimum Gasteiger partial charge on any atom is -0.373 e. The Balaban J connectivity index is 1.65. The van der Waals surface area contributed by atoms with Gasteiger partial charge < -0.3 is 30.1 Å². The molecule has 0 radical (unpaired) electrons. The number of ether oxygens (including phenoxy) is 1. The molecule has 3 aromatic carbocycles. The first-order chi connectivity index (χ1) is 21.8. The molecule has 1 aromatic heterocycles. The summed E-state index contributed by atoms with van der Waals surface area (Å²) in [5, 5.41) is 8.38. The molecule has 46 heavy (non-hydrogen) atoms. The molecule has 3 amide bonds. The van der Waals surface area contributed by atoms with E-state index in [1.165, 1.54) is 15.9 Å². The number of amides is 3. The molecule has 0 aliphatic heterocycles. The summed E-state index contributed by atoms with van der Waals surface area (Å²) in [6.45, 7) is 3.36. The van der Waals surface area contributed by atoms with E-state index in [4.69, 9.17) is 15.0 Å². The van der Waals surface area contributed by atoms with Crippen LogP contribution in [0.4, 0.5) is 4.79 Å². The molecule has 12 heteroatoms. The topological polar surface area (TPSA) is 161 Å². The number of nitrogens with one attached hydrogen (secondary N) is 1. The van der Waals surface area contributed by atoms with Crippen molar-refractivity contribution in [3.8, 4) is 0 Å². The van der Waals surface area contributed by atoms with E-state index in [0.29, 0.717) is 0 Å². The van der Waals surface area contributed by atoms with Crippen molar-refractivity contribution >= 4 is 34.6 Å². The standard InChI is InChI=1S/C34H38N6O6/c1-34(2,35)18-17-28(41)45-33(44)36-26(20-23-15-16-24-13-9-10-14-25(24)19-23)31(42)40(5)27(21-22-11-7-6-8-12-22)30-37-29(38-46-30)32(43)39(3)4/h6-19,26-27H,20-21,35H2,1-5H3,(H,36,44). The van der Waals surface area contributed by atoms with Crippen molar-refractivity contribution in [2.75, 3.05) is 21.1 Å². The van der Waals surface area contributed by atoms with E-state index in [9.17, 15) is 19.2 Å². The molecule has 2 unspecified atom stereocenters. The lowest BCUT2D eigenvalue weighted by molar-refractivity contribution is -0.136. The maximum atomic E-state index is 14.2. The molecule has 0 aliphatic carbocycles. The van der Waals surface area contributed by atoms with Crippen LogP contribution in [0, 0.1) is 0 Å². The molecule has 0 spiro atoms. The highest BCUT2D eigenvalue weighted by molar-refractivity contribution is 5.94. The quantitative estimate of drug-likeness (QED) is 0.143. The van der Waals surface area contributed by atoms with Crippen molar-refractivity contribution < 1.29 is 28.4 Å². The zero-order chi connectivity index (χ0) is 33.4. The number of esters is 1. The van der Waals surface area contributed by atoms with E-state index < -0.39 is 41.5 Å². The predicted molar refractivity (Wildman–Crippen MR) is 171 cm³/mol. The first-order valence-corrected chi connectivity index (χ1v) is 14.6.